The number of hydrogen-bond acceptors (Lipinski definition) is 6. The van der Waals surface area contributed by atoms with Crippen LogP contribution >= 0.6 is 0 Å². The number of carbonyl (C=O) groups excluding carboxylic acids is 2. The summed E-state index contributed by atoms with van der Waals surface area (Å²) in [5.41, 5.74) is -2.61. The molecule has 0 aliphatic heterocycles. The first-order chi connectivity index (χ1) is 8.40. The molecule has 0 aromatic rings. The fraction of sp³-hybridized carbons (Fsp3) is 0.800. The van der Waals surface area contributed by atoms with E-state index >= 15 is 0 Å². The summed E-state index contributed by atoms with van der Waals surface area (Å²) in [5, 5.41) is 22.4. The topological polar surface area (TPSA) is 120 Å². The van der Waals surface area contributed by atoms with Gasteiger partial charge in [0.1, 0.15) is 0 Å². The van der Waals surface area contributed by atoms with Crippen LogP contribution in [0.4, 0.5) is 0 Å². The Balaban J connectivity index is 2.20. The van der Waals surface area contributed by atoms with Gasteiger partial charge in [0.2, 0.25) is 0 Å². The van der Waals surface area contributed by atoms with Crippen LogP contribution in [0.15, 0.2) is 0 Å². The molecule has 4 rings (SSSR count). The third-order valence-corrected chi connectivity index (χ3v) is 4.71. The minimum Gasteiger partial charge on any atom is -0.298 e. The van der Waals surface area contributed by atoms with Gasteiger partial charge in [0.15, 0.2) is 23.4 Å². The van der Waals surface area contributed by atoms with E-state index in [-0.39, 0.29) is 12.8 Å². The molecular weight excluding hydrogens is 244 g/mol. The maximum atomic E-state index is 12.0. The molecule has 4 atom stereocenters. The summed E-state index contributed by atoms with van der Waals surface area (Å²) in [7, 11) is 0. The van der Waals surface area contributed by atoms with Gasteiger partial charge < -0.3 is 0 Å². The van der Waals surface area contributed by atoms with Crippen LogP contribution in [0.2, 0.25) is 0 Å². The molecule has 0 amide bonds. The molecule has 0 spiro atoms. The van der Waals surface area contributed by atoms with E-state index in [1.807, 2.05) is 0 Å². The third kappa shape index (κ3) is 0.971. The number of rotatable bonds is 2. The van der Waals surface area contributed by atoms with Gasteiger partial charge in [-0.15, -0.1) is 0 Å². The lowest BCUT2D eigenvalue weighted by molar-refractivity contribution is -0.814. The maximum absolute atomic E-state index is 12.0. The van der Waals surface area contributed by atoms with E-state index in [9.17, 15) is 29.8 Å². The van der Waals surface area contributed by atoms with Crippen LogP contribution < -0.4 is 0 Å². The van der Waals surface area contributed by atoms with Crippen molar-refractivity contribution < 1.29 is 19.4 Å². The molecule has 0 N–H and O–H groups in total. The molecule has 4 bridgehead atoms. The number of ketones is 2. The first-order valence-corrected chi connectivity index (χ1v) is 5.77. The minimum absolute atomic E-state index is 0.0351. The summed E-state index contributed by atoms with van der Waals surface area (Å²) in [4.78, 5) is 44.3. The van der Waals surface area contributed by atoms with Crippen molar-refractivity contribution in [3.8, 4) is 0 Å². The van der Waals surface area contributed by atoms with Gasteiger partial charge in [0.25, 0.3) is 0 Å². The van der Waals surface area contributed by atoms with Crippen LogP contribution in [-0.2, 0) is 9.59 Å². The highest BCUT2D eigenvalue weighted by Crippen LogP contribution is 2.56. The molecule has 4 saturated carbocycles. The lowest BCUT2D eigenvalue weighted by Gasteiger charge is -2.48. The van der Waals surface area contributed by atoms with E-state index in [4.69, 9.17) is 0 Å². The molecule has 4 unspecified atom stereocenters. The maximum Gasteiger partial charge on any atom is 0.477 e. The van der Waals surface area contributed by atoms with Crippen LogP contribution in [0, 0.1) is 43.9 Å². The zero-order chi connectivity index (χ0) is 13.2. The van der Waals surface area contributed by atoms with Crippen molar-refractivity contribution >= 4 is 11.6 Å². The lowest BCUT2D eigenvalue weighted by atomic mass is 9.50. The summed E-state index contributed by atoms with van der Waals surface area (Å²) in [6.45, 7) is 0. The average Bonchev–Trinajstić information content (AvgIpc) is 2.26. The first-order valence-electron chi connectivity index (χ1n) is 5.77. The first kappa shape index (κ1) is 11.2. The molecule has 0 heterocycles. The second-order valence-electron chi connectivity index (χ2n) is 5.31. The Morgan fingerprint density at radius 3 is 1.61 bits per heavy atom. The van der Waals surface area contributed by atoms with Gasteiger partial charge in [-0.25, -0.2) is 0 Å². The van der Waals surface area contributed by atoms with Crippen molar-refractivity contribution in [1.29, 1.82) is 0 Å². The van der Waals surface area contributed by atoms with E-state index in [1.165, 1.54) is 0 Å². The van der Waals surface area contributed by atoms with Crippen LogP contribution in [0.25, 0.3) is 0 Å². The number of hydrogen-bond donors (Lipinski definition) is 0. The fourth-order valence-electron chi connectivity index (χ4n) is 3.96. The number of nitrogens with zero attached hydrogens (tertiary/aromatic N) is 2. The van der Waals surface area contributed by atoms with Crippen molar-refractivity contribution in [3.05, 3.63) is 20.2 Å². The molecule has 4 fully saturated rings. The second-order valence-corrected chi connectivity index (χ2v) is 5.31. The third-order valence-electron chi connectivity index (χ3n) is 4.71. The van der Waals surface area contributed by atoms with Crippen LogP contribution in [0.3, 0.4) is 0 Å². The van der Waals surface area contributed by atoms with Crippen LogP contribution in [0.5, 0.6) is 0 Å². The summed E-state index contributed by atoms with van der Waals surface area (Å²) >= 11 is 0. The van der Waals surface area contributed by atoms with Crippen molar-refractivity contribution in [2.24, 2.45) is 23.7 Å². The van der Waals surface area contributed by atoms with E-state index in [0.717, 1.165) is 0 Å². The van der Waals surface area contributed by atoms with E-state index in [2.05, 4.69) is 0 Å². The highest BCUT2D eigenvalue weighted by Gasteiger charge is 2.80. The van der Waals surface area contributed by atoms with Crippen LogP contribution in [-0.4, -0.2) is 27.1 Å². The molecule has 0 aromatic carbocycles. The van der Waals surface area contributed by atoms with Gasteiger partial charge in [0.05, 0.1) is 9.85 Å². The Morgan fingerprint density at radius 2 is 1.28 bits per heavy atom. The van der Waals surface area contributed by atoms with E-state index < -0.39 is 50.7 Å². The quantitative estimate of drug-likeness (QED) is 0.390. The number of nitro groups is 2. The Hall–Kier alpha value is -1.86. The van der Waals surface area contributed by atoms with Crippen molar-refractivity contribution in [2.45, 2.75) is 24.9 Å². The summed E-state index contributed by atoms with van der Waals surface area (Å²) in [6.07, 6.45) is 0.343. The van der Waals surface area contributed by atoms with Crippen molar-refractivity contribution in [3.63, 3.8) is 0 Å². The molecule has 8 nitrogen and oxygen atoms in total. The SMILES string of the molecule is O=C1C2CC3CC1C([N+](=O)[O-])([N+](=O)[O-])C(C2)C3=O. The van der Waals surface area contributed by atoms with Crippen LogP contribution in [0.1, 0.15) is 19.3 Å². The summed E-state index contributed by atoms with van der Waals surface area (Å²) < 4.78 is 0. The molecule has 0 radical (unpaired) electrons. The highest BCUT2D eigenvalue weighted by molar-refractivity contribution is 5.96. The predicted molar refractivity (Wildman–Crippen MR) is 54.5 cm³/mol. The van der Waals surface area contributed by atoms with Crippen molar-refractivity contribution in [2.75, 3.05) is 0 Å². The largest absolute Gasteiger partial charge is 0.477 e. The molecule has 96 valence electrons. The monoisotopic (exact) mass is 254 g/mol. The van der Waals surface area contributed by atoms with Gasteiger partial charge in [-0.3, -0.25) is 29.8 Å². The molecule has 18 heavy (non-hydrogen) atoms. The Kier molecular flexibility index (Phi) is 1.95. The standard InChI is InChI=1S/C10H10N2O6/c13-8-4-1-5-3-7(8)10(11(15)16,12(17)18)6(2-4)9(5)14/h4-7H,1-3H2. The Morgan fingerprint density at radius 1 is 0.889 bits per heavy atom. The summed E-state index contributed by atoms with van der Waals surface area (Å²) in [6, 6.07) is 0. The van der Waals surface area contributed by atoms with E-state index in [0.29, 0.717) is 6.42 Å². The fourth-order valence-corrected chi connectivity index (χ4v) is 3.96. The number of Topliss-reactive ketones (excluding diaryl/α,β-unsaturated/α-hetero) is 2. The Bertz CT molecular complexity index is 457. The molecule has 4 aliphatic rings. The van der Waals surface area contributed by atoms with Gasteiger partial charge in [-0.05, 0) is 19.3 Å². The van der Waals surface area contributed by atoms with Crippen molar-refractivity contribution in [1.82, 2.24) is 0 Å². The Labute approximate surface area is 101 Å². The molecule has 8 heteroatoms. The lowest BCUT2D eigenvalue weighted by Crippen LogP contribution is -2.72. The normalized spacial score (nSPS) is 40.0. The molecular formula is C10H10N2O6. The van der Waals surface area contributed by atoms with Gasteiger partial charge in [0, 0.05) is 11.8 Å². The predicted octanol–water partition coefficient (Wildman–Crippen LogP) is 0.0502. The smallest absolute Gasteiger partial charge is 0.298 e. The second kappa shape index (κ2) is 3.12. The zero-order valence-electron chi connectivity index (χ0n) is 9.27. The highest BCUT2D eigenvalue weighted by atomic mass is 16.7. The van der Waals surface area contributed by atoms with E-state index in [1.54, 1.807) is 0 Å². The van der Waals surface area contributed by atoms with Gasteiger partial charge >= 0.3 is 5.66 Å². The molecule has 0 aromatic heterocycles. The zero-order valence-corrected chi connectivity index (χ0v) is 9.27. The van der Waals surface area contributed by atoms with Gasteiger partial charge in [-0.1, -0.05) is 0 Å². The minimum atomic E-state index is -2.61. The summed E-state index contributed by atoms with van der Waals surface area (Å²) in [5.74, 6) is -4.06. The number of carbonyl (C=O) groups is 2. The average molecular weight is 254 g/mol. The van der Waals surface area contributed by atoms with Gasteiger partial charge in [-0.2, -0.15) is 0 Å². The molecule has 0 saturated heterocycles. The molecule has 4 aliphatic carbocycles.